The Morgan fingerprint density at radius 2 is 2.04 bits per heavy atom. The van der Waals surface area contributed by atoms with Crippen LogP contribution in [-0.4, -0.2) is 69.5 Å². The summed E-state index contributed by atoms with van der Waals surface area (Å²) >= 11 is 0. The molecule has 8 heteroatoms. The van der Waals surface area contributed by atoms with E-state index in [1.807, 2.05) is 12.0 Å². The summed E-state index contributed by atoms with van der Waals surface area (Å²) in [6.07, 6.45) is 6.75. The van der Waals surface area contributed by atoms with Crippen molar-refractivity contribution < 1.29 is 19.5 Å². The molecule has 0 unspecified atom stereocenters. The highest BCUT2D eigenvalue weighted by atomic mass is 16.7. The SMILES string of the molecule is Cc1cnn(C2(C(=O)O)CCN(C(=O)CCN3CCCCO3)CC2)c1. The Kier molecular flexibility index (Phi) is 5.39. The molecule has 2 aliphatic heterocycles. The summed E-state index contributed by atoms with van der Waals surface area (Å²) in [5, 5.41) is 15.8. The van der Waals surface area contributed by atoms with Crippen molar-refractivity contribution in [2.75, 3.05) is 32.8 Å². The lowest BCUT2D eigenvalue weighted by Gasteiger charge is -2.39. The highest BCUT2D eigenvalue weighted by Gasteiger charge is 2.44. The molecular formula is C17H26N4O4. The third-order valence-electron chi connectivity index (χ3n) is 5.14. The van der Waals surface area contributed by atoms with Crippen LogP contribution in [0.4, 0.5) is 0 Å². The normalized spacial score (nSPS) is 21.2. The average Bonchev–Trinajstić information content (AvgIpc) is 3.07. The highest BCUT2D eigenvalue weighted by Crippen LogP contribution is 2.30. The van der Waals surface area contributed by atoms with Gasteiger partial charge in [0, 0.05) is 51.6 Å². The number of likely N-dealkylation sites (tertiary alicyclic amines) is 1. The fourth-order valence-corrected chi connectivity index (χ4v) is 3.52. The quantitative estimate of drug-likeness (QED) is 0.853. The summed E-state index contributed by atoms with van der Waals surface area (Å²) in [5.41, 5.74) is -0.123. The lowest BCUT2D eigenvalue weighted by Crippen LogP contribution is -2.52. The third kappa shape index (κ3) is 3.85. The Morgan fingerprint density at radius 3 is 2.60 bits per heavy atom. The van der Waals surface area contributed by atoms with Crippen LogP contribution in [0, 0.1) is 6.92 Å². The minimum absolute atomic E-state index is 0.0600. The third-order valence-corrected chi connectivity index (χ3v) is 5.14. The molecule has 0 radical (unpaired) electrons. The molecule has 2 fully saturated rings. The summed E-state index contributed by atoms with van der Waals surface area (Å²) in [6.45, 7) is 4.95. The van der Waals surface area contributed by atoms with Crippen LogP contribution in [0.1, 0.15) is 37.7 Å². The number of aliphatic carboxylic acids is 1. The van der Waals surface area contributed by atoms with E-state index in [9.17, 15) is 14.7 Å². The molecule has 25 heavy (non-hydrogen) atoms. The number of hydrogen-bond donors (Lipinski definition) is 1. The van der Waals surface area contributed by atoms with E-state index in [0.29, 0.717) is 38.9 Å². The zero-order chi connectivity index (χ0) is 17.9. The van der Waals surface area contributed by atoms with Gasteiger partial charge >= 0.3 is 5.97 Å². The van der Waals surface area contributed by atoms with Gasteiger partial charge in [-0.25, -0.2) is 4.79 Å². The standard InChI is InChI=1S/C17H26N4O4/c1-14-12-18-21(13-14)17(16(23)24)5-9-19(10-6-17)15(22)4-8-20-7-2-3-11-25-20/h12-13H,2-11H2,1H3,(H,23,24). The second kappa shape index (κ2) is 7.53. The molecule has 3 heterocycles. The van der Waals surface area contributed by atoms with Crippen molar-refractivity contribution in [3.05, 3.63) is 18.0 Å². The molecule has 1 N–H and O–H groups in total. The number of carbonyl (C=O) groups is 2. The maximum absolute atomic E-state index is 12.4. The first-order valence-electron chi connectivity index (χ1n) is 8.92. The van der Waals surface area contributed by atoms with E-state index >= 15 is 0 Å². The number of hydrogen-bond acceptors (Lipinski definition) is 5. The van der Waals surface area contributed by atoms with Crippen LogP contribution in [0.15, 0.2) is 12.4 Å². The van der Waals surface area contributed by atoms with Gasteiger partial charge in [0.05, 0.1) is 12.8 Å². The minimum atomic E-state index is -1.05. The molecule has 1 amide bonds. The van der Waals surface area contributed by atoms with Crippen LogP contribution >= 0.6 is 0 Å². The van der Waals surface area contributed by atoms with E-state index in [-0.39, 0.29) is 5.91 Å². The number of rotatable bonds is 5. The fourth-order valence-electron chi connectivity index (χ4n) is 3.52. The van der Waals surface area contributed by atoms with Gasteiger partial charge in [0.15, 0.2) is 5.54 Å². The van der Waals surface area contributed by atoms with Crippen molar-refractivity contribution in [3.8, 4) is 0 Å². The van der Waals surface area contributed by atoms with Crippen molar-refractivity contribution in [1.82, 2.24) is 19.7 Å². The molecule has 0 aliphatic carbocycles. The predicted molar refractivity (Wildman–Crippen MR) is 89.8 cm³/mol. The molecule has 2 saturated heterocycles. The molecular weight excluding hydrogens is 324 g/mol. The van der Waals surface area contributed by atoms with Crippen LogP contribution in [0.3, 0.4) is 0 Å². The molecule has 1 aromatic heterocycles. The molecule has 2 aliphatic rings. The van der Waals surface area contributed by atoms with Crippen LogP contribution in [0.5, 0.6) is 0 Å². The van der Waals surface area contributed by atoms with Gasteiger partial charge in [-0.05, 0) is 25.3 Å². The average molecular weight is 350 g/mol. The largest absolute Gasteiger partial charge is 0.479 e. The predicted octanol–water partition coefficient (Wildman–Crippen LogP) is 1.01. The van der Waals surface area contributed by atoms with E-state index < -0.39 is 11.5 Å². The first kappa shape index (κ1) is 17.9. The maximum Gasteiger partial charge on any atom is 0.331 e. The summed E-state index contributed by atoms with van der Waals surface area (Å²) < 4.78 is 1.55. The van der Waals surface area contributed by atoms with Crippen molar-refractivity contribution >= 4 is 11.9 Å². The van der Waals surface area contributed by atoms with Gasteiger partial charge in [-0.2, -0.15) is 10.2 Å². The lowest BCUT2D eigenvalue weighted by atomic mass is 9.87. The van der Waals surface area contributed by atoms with Gasteiger partial charge < -0.3 is 10.0 Å². The van der Waals surface area contributed by atoms with E-state index in [1.165, 1.54) is 0 Å². The van der Waals surface area contributed by atoms with Crippen molar-refractivity contribution in [2.45, 2.75) is 44.6 Å². The first-order chi connectivity index (χ1) is 12.0. The van der Waals surface area contributed by atoms with Crippen LogP contribution in [0.25, 0.3) is 0 Å². The second-order valence-corrected chi connectivity index (χ2v) is 6.90. The first-order valence-corrected chi connectivity index (χ1v) is 8.92. The molecule has 0 saturated carbocycles. The number of piperidine rings is 1. The van der Waals surface area contributed by atoms with E-state index in [4.69, 9.17) is 4.84 Å². The highest BCUT2D eigenvalue weighted by molar-refractivity contribution is 5.79. The van der Waals surface area contributed by atoms with Crippen LogP contribution < -0.4 is 0 Å². The molecule has 0 spiro atoms. The van der Waals surface area contributed by atoms with Crippen molar-refractivity contribution in [1.29, 1.82) is 0 Å². The van der Waals surface area contributed by atoms with Gasteiger partial charge in [0.2, 0.25) is 5.91 Å². The smallest absolute Gasteiger partial charge is 0.331 e. The number of hydroxylamine groups is 2. The Bertz CT molecular complexity index is 616. The number of carbonyl (C=O) groups excluding carboxylic acids is 1. The molecule has 8 nitrogen and oxygen atoms in total. The van der Waals surface area contributed by atoms with Crippen LogP contribution in [0.2, 0.25) is 0 Å². The number of nitrogens with zero attached hydrogens (tertiary/aromatic N) is 4. The summed E-state index contributed by atoms with van der Waals surface area (Å²) in [4.78, 5) is 31.6. The molecule has 0 atom stereocenters. The Balaban J connectivity index is 1.56. The number of aryl methyl sites for hydroxylation is 1. The minimum Gasteiger partial charge on any atom is -0.479 e. The van der Waals surface area contributed by atoms with Gasteiger partial charge in [0.25, 0.3) is 0 Å². The Hall–Kier alpha value is -1.93. The summed E-state index contributed by atoms with van der Waals surface area (Å²) in [5.74, 6) is -0.825. The molecule has 3 rings (SSSR count). The monoisotopic (exact) mass is 350 g/mol. The Labute approximate surface area is 147 Å². The van der Waals surface area contributed by atoms with E-state index in [2.05, 4.69) is 5.10 Å². The van der Waals surface area contributed by atoms with E-state index in [1.54, 1.807) is 22.0 Å². The van der Waals surface area contributed by atoms with Crippen LogP contribution in [-0.2, 0) is 20.0 Å². The molecule has 1 aromatic rings. The molecule has 0 bridgehead atoms. The van der Waals surface area contributed by atoms with Gasteiger partial charge in [-0.3, -0.25) is 14.3 Å². The number of amides is 1. The topological polar surface area (TPSA) is 87.9 Å². The fraction of sp³-hybridized carbons (Fsp3) is 0.706. The van der Waals surface area contributed by atoms with Crippen molar-refractivity contribution in [2.24, 2.45) is 0 Å². The maximum atomic E-state index is 12.4. The zero-order valence-corrected chi connectivity index (χ0v) is 14.7. The summed E-state index contributed by atoms with van der Waals surface area (Å²) in [7, 11) is 0. The van der Waals surface area contributed by atoms with Crippen molar-refractivity contribution in [3.63, 3.8) is 0 Å². The zero-order valence-electron chi connectivity index (χ0n) is 14.7. The van der Waals surface area contributed by atoms with Gasteiger partial charge in [-0.1, -0.05) is 0 Å². The Morgan fingerprint density at radius 1 is 1.28 bits per heavy atom. The number of aromatic nitrogens is 2. The second-order valence-electron chi connectivity index (χ2n) is 6.90. The van der Waals surface area contributed by atoms with Gasteiger partial charge in [-0.15, -0.1) is 0 Å². The molecule has 0 aromatic carbocycles. The molecule has 138 valence electrons. The van der Waals surface area contributed by atoms with Gasteiger partial charge in [0.1, 0.15) is 0 Å². The number of carboxylic acids is 1. The summed E-state index contributed by atoms with van der Waals surface area (Å²) in [6, 6.07) is 0. The number of carboxylic acid groups (broad SMARTS) is 1. The van der Waals surface area contributed by atoms with E-state index in [0.717, 1.165) is 31.6 Å². The lowest BCUT2D eigenvalue weighted by molar-refractivity contribution is -0.183.